The van der Waals surface area contributed by atoms with E-state index in [0.717, 1.165) is 76.4 Å². The first kappa shape index (κ1) is 25.1. The molecule has 0 aromatic rings. The maximum atomic E-state index is 13.5. The largest absolute Gasteiger partial charge is 0.454 e. The summed E-state index contributed by atoms with van der Waals surface area (Å²) >= 11 is 13.5. The van der Waals surface area contributed by atoms with E-state index < -0.39 is 0 Å². The molecular formula is C25H42BCl2N2O2. The normalized spacial score (nSPS) is 41.9. The molecule has 32 heavy (non-hydrogen) atoms. The number of rotatable bonds is 5. The van der Waals surface area contributed by atoms with Crippen molar-refractivity contribution in [1.29, 1.82) is 0 Å². The van der Waals surface area contributed by atoms with E-state index in [9.17, 15) is 9.82 Å². The van der Waals surface area contributed by atoms with Crippen LogP contribution in [0, 0.1) is 35.5 Å². The Labute approximate surface area is 205 Å². The molecule has 8 unspecified atom stereocenters. The third-order valence-corrected chi connectivity index (χ3v) is 10.6. The molecule has 4 nitrogen and oxygen atoms in total. The highest BCUT2D eigenvalue weighted by Gasteiger charge is 2.44. The van der Waals surface area contributed by atoms with Gasteiger partial charge in [-0.2, -0.15) is 0 Å². The third kappa shape index (κ3) is 5.81. The summed E-state index contributed by atoms with van der Waals surface area (Å²) < 4.78 is 0. The van der Waals surface area contributed by atoms with Gasteiger partial charge in [-0.1, -0.05) is 38.5 Å². The Kier molecular flexibility index (Phi) is 9.15. The van der Waals surface area contributed by atoms with Gasteiger partial charge < -0.3 is 15.7 Å². The molecule has 3 saturated carbocycles. The number of piperidine rings is 1. The minimum Gasteiger partial charge on any atom is -0.454 e. The van der Waals surface area contributed by atoms with Crippen LogP contribution < -0.4 is 5.73 Å². The van der Waals surface area contributed by atoms with Gasteiger partial charge in [-0.25, -0.2) is 0 Å². The molecule has 0 aromatic carbocycles. The number of alkyl halides is 2. The number of nitrogens with zero attached hydrogens (tertiary/aromatic N) is 1. The zero-order valence-electron chi connectivity index (χ0n) is 19.5. The average Bonchev–Trinajstić information content (AvgIpc) is 2.85. The van der Waals surface area contributed by atoms with Crippen LogP contribution in [0.5, 0.6) is 0 Å². The SMILES string of the molecule is NCC1CCCC(C2CCN(C(=O)C3CC(Cl)C(Cl)C(C4CCCC([B]O)C4)C3)CC2)C1. The Morgan fingerprint density at radius 2 is 1.62 bits per heavy atom. The lowest BCUT2D eigenvalue weighted by Gasteiger charge is -2.44. The van der Waals surface area contributed by atoms with Gasteiger partial charge in [0.25, 0.3) is 7.48 Å². The van der Waals surface area contributed by atoms with Crippen LogP contribution in [0.1, 0.15) is 77.0 Å². The molecule has 0 bridgehead atoms. The summed E-state index contributed by atoms with van der Waals surface area (Å²) in [5.41, 5.74) is 5.95. The van der Waals surface area contributed by atoms with Gasteiger partial charge in [-0.3, -0.25) is 4.79 Å². The molecule has 181 valence electrons. The summed E-state index contributed by atoms with van der Waals surface area (Å²) in [4.78, 5) is 15.6. The molecule has 0 spiro atoms. The first-order valence-corrected chi connectivity index (χ1v) is 14.1. The minimum absolute atomic E-state index is 0.00355. The van der Waals surface area contributed by atoms with Crippen LogP contribution in [0.4, 0.5) is 0 Å². The number of hydrogen-bond acceptors (Lipinski definition) is 3. The predicted octanol–water partition coefficient (Wildman–Crippen LogP) is 4.82. The molecule has 4 aliphatic rings. The summed E-state index contributed by atoms with van der Waals surface area (Å²) in [7, 11) is 1.37. The van der Waals surface area contributed by atoms with Crippen LogP contribution in [-0.2, 0) is 4.79 Å². The van der Waals surface area contributed by atoms with E-state index in [4.69, 9.17) is 28.9 Å². The second-order valence-corrected chi connectivity index (χ2v) is 12.4. The molecule has 3 N–H and O–H groups in total. The van der Waals surface area contributed by atoms with Crippen molar-refractivity contribution in [3.8, 4) is 0 Å². The van der Waals surface area contributed by atoms with Crippen molar-refractivity contribution in [1.82, 2.24) is 4.90 Å². The lowest BCUT2D eigenvalue weighted by Crippen LogP contribution is -2.48. The van der Waals surface area contributed by atoms with E-state index in [1.165, 1.54) is 33.2 Å². The molecule has 4 rings (SSSR count). The van der Waals surface area contributed by atoms with Gasteiger partial charge in [0.15, 0.2) is 0 Å². The molecule has 0 aromatic heterocycles. The Morgan fingerprint density at radius 3 is 2.34 bits per heavy atom. The molecule has 4 fully saturated rings. The Bertz CT molecular complexity index is 619. The fourth-order valence-electron chi connectivity index (χ4n) is 7.49. The van der Waals surface area contributed by atoms with Crippen LogP contribution in [0.25, 0.3) is 0 Å². The van der Waals surface area contributed by atoms with Crippen molar-refractivity contribution in [3.05, 3.63) is 0 Å². The van der Waals surface area contributed by atoms with Gasteiger partial charge in [0.1, 0.15) is 0 Å². The fourth-order valence-corrected chi connectivity index (χ4v) is 8.31. The summed E-state index contributed by atoms with van der Waals surface area (Å²) in [6.45, 7) is 2.63. The number of carbonyl (C=O) groups excluding carboxylic acids is 1. The van der Waals surface area contributed by atoms with Crippen molar-refractivity contribution in [2.75, 3.05) is 19.6 Å². The first-order valence-electron chi connectivity index (χ1n) is 13.2. The number of carbonyl (C=O) groups is 1. The van der Waals surface area contributed by atoms with Crippen molar-refractivity contribution in [2.24, 2.45) is 41.2 Å². The molecule has 1 amide bonds. The topological polar surface area (TPSA) is 66.6 Å². The van der Waals surface area contributed by atoms with Gasteiger partial charge in [0.2, 0.25) is 5.91 Å². The predicted molar refractivity (Wildman–Crippen MR) is 133 cm³/mol. The highest BCUT2D eigenvalue weighted by atomic mass is 35.5. The monoisotopic (exact) mass is 483 g/mol. The van der Waals surface area contributed by atoms with E-state index in [-0.39, 0.29) is 28.4 Å². The third-order valence-electron chi connectivity index (χ3n) is 9.42. The number of likely N-dealkylation sites (tertiary alicyclic amines) is 1. The lowest BCUT2D eigenvalue weighted by atomic mass is 9.62. The van der Waals surface area contributed by atoms with Crippen LogP contribution in [0.2, 0.25) is 5.82 Å². The maximum Gasteiger partial charge on any atom is 0.290 e. The van der Waals surface area contributed by atoms with Gasteiger partial charge >= 0.3 is 0 Å². The second-order valence-electron chi connectivity index (χ2n) is 11.3. The van der Waals surface area contributed by atoms with E-state index >= 15 is 0 Å². The molecule has 1 radical (unpaired) electrons. The highest BCUT2D eigenvalue weighted by molar-refractivity contribution is 6.30. The van der Waals surface area contributed by atoms with Gasteiger partial charge in [0, 0.05) is 19.0 Å². The van der Waals surface area contributed by atoms with Crippen molar-refractivity contribution in [2.45, 2.75) is 93.6 Å². The van der Waals surface area contributed by atoms with Crippen LogP contribution in [0.3, 0.4) is 0 Å². The summed E-state index contributed by atoms with van der Waals surface area (Å²) in [6.07, 6.45) is 13.4. The van der Waals surface area contributed by atoms with Gasteiger partial charge in [-0.05, 0) is 80.5 Å². The molecule has 7 heteroatoms. The highest BCUT2D eigenvalue weighted by Crippen LogP contribution is 2.47. The summed E-state index contributed by atoms with van der Waals surface area (Å²) in [5, 5.41) is 9.31. The molecule has 1 heterocycles. The Hall–Kier alpha value is 0.0349. The number of halogens is 2. The summed E-state index contributed by atoms with van der Waals surface area (Å²) in [6, 6.07) is 0. The van der Waals surface area contributed by atoms with Crippen LogP contribution in [0.15, 0.2) is 0 Å². The fraction of sp³-hybridized carbons (Fsp3) is 0.960. The molecule has 8 atom stereocenters. The first-order chi connectivity index (χ1) is 15.5. The van der Waals surface area contributed by atoms with Crippen molar-refractivity contribution in [3.63, 3.8) is 0 Å². The van der Waals surface area contributed by atoms with Crippen molar-refractivity contribution < 1.29 is 9.82 Å². The van der Waals surface area contributed by atoms with Crippen molar-refractivity contribution >= 4 is 36.6 Å². The number of amides is 1. The number of hydrogen-bond donors (Lipinski definition) is 2. The Balaban J connectivity index is 1.32. The zero-order valence-corrected chi connectivity index (χ0v) is 21.0. The van der Waals surface area contributed by atoms with Gasteiger partial charge in [-0.15, -0.1) is 23.2 Å². The second kappa shape index (κ2) is 11.6. The van der Waals surface area contributed by atoms with Crippen LogP contribution in [-0.4, -0.2) is 53.7 Å². The van der Waals surface area contributed by atoms with E-state index in [2.05, 4.69) is 4.90 Å². The lowest BCUT2D eigenvalue weighted by molar-refractivity contribution is -0.139. The minimum atomic E-state index is -0.143. The zero-order chi connectivity index (χ0) is 22.7. The van der Waals surface area contributed by atoms with Crippen LogP contribution >= 0.6 is 23.2 Å². The summed E-state index contributed by atoms with van der Waals surface area (Å²) in [5.74, 6) is 3.59. The smallest absolute Gasteiger partial charge is 0.290 e. The molecule has 1 aliphatic heterocycles. The quantitative estimate of drug-likeness (QED) is 0.435. The van der Waals surface area contributed by atoms with E-state index in [1.54, 1.807) is 0 Å². The van der Waals surface area contributed by atoms with Gasteiger partial charge in [0.05, 0.1) is 10.8 Å². The average molecular weight is 484 g/mol. The number of nitrogens with two attached hydrogens (primary N) is 1. The Morgan fingerprint density at radius 1 is 0.906 bits per heavy atom. The molecular weight excluding hydrogens is 442 g/mol. The molecule has 3 aliphatic carbocycles. The maximum absolute atomic E-state index is 13.5. The van der Waals surface area contributed by atoms with E-state index in [1.807, 2.05) is 0 Å². The van der Waals surface area contributed by atoms with E-state index in [0.29, 0.717) is 24.2 Å². The molecule has 1 saturated heterocycles. The standard InChI is InChI=1S/C25H42BCl2N2O2/c27-23-14-20(13-22(24(23)28)19-5-2-6-21(12-19)26-32)25(31)30-9-7-17(8-10-30)18-4-1-3-16(11-18)15-29/h16-24,32H,1-15,29H2.